The van der Waals surface area contributed by atoms with E-state index < -0.39 is 0 Å². The van der Waals surface area contributed by atoms with Gasteiger partial charge in [-0.3, -0.25) is 4.99 Å². The van der Waals surface area contributed by atoms with Crippen molar-refractivity contribution in [1.29, 1.82) is 0 Å². The highest BCUT2D eigenvalue weighted by atomic mass is 35.5. The van der Waals surface area contributed by atoms with Gasteiger partial charge in [0.05, 0.1) is 12.3 Å². The highest BCUT2D eigenvalue weighted by Gasteiger charge is 2.12. The zero-order valence-corrected chi connectivity index (χ0v) is 11.7. The normalized spacial score (nSPS) is 15.3. The van der Waals surface area contributed by atoms with E-state index in [2.05, 4.69) is 16.9 Å². The Morgan fingerprint density at radius 3 is 2.79 bits per heavy atom. The molecular formula is C15H17ClN2O. The molecule has 0 spiro atoms. The standard InChI is InChI=1S/C15H17ClN2O/c1-2-11-19-15(14-5-3-4-10-17-14)18-13-8-6-12(16)7-9-13/h4,6-10H,2-3,5,11H2,1H3. The lowest BCUT2D eigenvalue weighted by Crippen LogP contribution is -2.19. The number of allylic oxidation sites excluding steroid dienone is 1. The van der Waals surface area contributed by atoms with Crippen LogP contribution >= 0.6 is 11.6 Å². The van der Waals surface area contributed by atoms with Crippen LogP contribution in [0.4, 0.5) is 5.69 Å². The molecule has 0 bridgehead atoms. The zero-order valence-electron chi connectivity index (χ0n) is 11.0. The number of nitrogens with zero attached hydrogens (tertiary/aromatic N) is 2. The second-order valence-corrected chi connectivity index (χ2v) is 4.68. The minimum absolute atomic E-state index is 0.619. The first-order valence-corrected chi connectivity index (χ1v) is 6.86. The van der Waals surface area contributed by atoms with E-state index in [4.69, 9.17) is 16.3 Å². The van der Waals surface area contributed by atoms with Crippen LogP contribution in [0.15, 0.2) is 46.5 Å². The van der Waals surface area contributed by atoms with Crippen molar-refractivity contribution in [3.63, 3.8) is 0 Å². The molecule has 1 aromatic carbocycles. The summed E-state index contributed by atoms with van der Waals surface area (Å²) >= 11 is 5.87. The van der Waals surface area contributed by atoms with Gasteiger partial charge < -0.3 is 4.74 Å². The molecule has 0 radical (unpaired) electrons. The van der Waals surface area contributed by atoms with Crippen molar-refractivity contribution in [2.75, 3.05) is 6.61 Å². The molecule has 0 saturated carbocycles. The molecule has 0 amide bonds. The Kier molecular flexibility index (Phi) is 5.16. The van der Waals surface area contributed by atoms with Gasteiger partial charge in [-0.2, -0.15) is 0 Å². The lowest BCUT2D eigenvalue weighted by atomic mass is 10.1. The Morgan fingerprint density at radius 1 is 1.37 bits per heavy atom. The highest BCUT2D eigenvalue weighted by Crippen LogP contribution is 2.18. The molecule has 4 heteroatoms. The summed E-state index contributed by atoms with van der Waals surface area (Å²) < 4.78 is 5.72. The molecule has 2 rings (SSSR count). The number of aliphatic imine (C=N–C) groups is 2. The maximum absolute atomic E-state index is 5.87. The topological polar surface area (TPSA) is 34.0 Å². The molecule has 0 saturated heterocycles. The van der Waals surface area contributed by atoms with E-state index in [1.54, 1.807) is 0 Å². The Bertz CT molecular complexity index is 503. The molecule has 0 unspecified atom stereocenters. The van der Waals surface area contributed by atoms with Crippen LogP contribution in [0.25, 0.3) is 0 Å². The number of ether oxygens (including phenoxy) is 1. The Balaban J connectivity index is 2.23. The molecule has 19 heavy (non-hydrogen) atoms. The largest absolute Gasteiger partial charge is 0.476 e. The first-order chi connectivity index (χ1) is 9.29. The van der Waals surface area contributed by atoms with Crippen LogP contribution in [0.3, 0.4) is 0 Å². The second-order valence-electron chi connectivity index (χ2n) is 4.24. The van der Waals surface area contributed by atoms with Crippen molar-refractivity contribution in [1.82, 2.24) is 0 Å². The molecule has 1 aromatic rings. The van der Waals surface area contributed by atoms with Crippen LogP contribution in [-0.4, -0.2) is 18.2 Å². The predicted molar refractivity (Wildman–Crippen MR) is 80.6 cm³/mol. The van der Waals surface area contributed by atoms with Gasteiger partial charge in [-0.05, 0) is 43.5 Å². The lowest BCUT2D eigenvalue weighted by molar-refractivity contribution is 0.310. The summed E-state index contributed by atoms with van der Waals surface area (Å²) in [5.41, 5.74) is 1.73. The molecule has 0 aliphatic carbocycles. The number of hydrogen-bond donors (Lipinski definition) is 0. The number of rotatable bonds is 4. The monoisotopic (exact) mass is 276 g/mol. The van der Waals surface area contributed by atoms with E-state index in [1.165, 1.54) is 0 Å². The fraction of sp³-hybridized carbons (Fsp3) is 0.333. The third-order valence-electron chi connectivity index (χ3n) is 2.63. The SMILES string of the molecule is CCCOC(=Nc1ccc(Cl)cc1)C1=NC=CCC1. The molecule has 100 valence electrons. The summed E-state index contributed by atoms with van der Waals surface area (Å²) in [7, 11) is 0. The van der Waals surface area contributed by atoms with Crippen LogP contribution in [0.1, 0.15) is 26.2 Å². The van der Waals surface area contributed by atoms with Crippen molar-refractivity contribution < 1.29 is 4.74 Å². The van der Waals surface area contributed by atoms with Crippen molar-refractivity contribution in [3.8, 4) is 0 Å². The average Bonchev–Trinajstić information content (AvgIpc) is 2.46. The van der Waals surface area contributed by atoms with Gasteiger partial charge in [0.1, 0.15) is 5.71 Å². The lowest BCUT2D eigenvalue weighted by Gasteiger charge is -2.12. The maximum Gasteiger partial charge on any atom is 0.236 e. The average molecular weight is 277 g/mol. The van der Waals surface area contributed by atoms with Gasteiger partial charge >= 0.3 is 0 Å². The predicted octanol–water partition coefficient (Wildman–Crippen LogP) is 4.55. The van der Waals surface area contributed by atoms with Crippen molar-refractivity contribution in [2.45, 2.75) is 26.2 Å². The first-order valence-electron chi connectivity index (χ1n) is 6.48. The Labute approximate surface area is 118 Å². The first kappa shape index (κ1) is 13.8. The van der Waals surface area contributed by atoms with E-state index in [9.17, 15) is 0 Å². The summed E-state index contributed by atoms with van der Waals surface area (Å²) in [6.07, 6.45) is 6.65. The van der Waals surface area contributed by atoms with Crippen molar-refractivity contribution >= 4 is 28.9 Å². The third-order valence-corrected chi connectivity index (χ3v) is 2.88. The second kappa shape index (κ2) is 7.10. The molecule has 1 heterocycles. The summed E-state index contributed by atoms with van der Waals surface area (Å²) in [5.74, 6) is 0.619. The van der Waals surface area contributed by atoms with Gasteiger partial charge in [-0.15, -0.1) is 0 Å². The fourth-order valence-corrected chi connectivity index (χ4v) is 1.80. The minimum Gasteiger partial charge on any atom is -0.476 e. The molecule has 0 fully saturated rings. The van der Waals surface area contributed by atoms with Gasteiger partial charge in [-0.1, -0.05) is 24.6 Å². The van der Waals surface area contributed by atoms with Gasteiger partial charge in [0, 0.05) is 11.2 Å². The van der Waals surface area contributed by atoms with Crippen LogP contribution in [0.5, 0.6) is 0 Å². The minimum atomic E-state index is 0.619. The van der Waals surface area contributed by atoms with E-state index in [1.807, 2.05) is 36.5 Å². The van der Waals surface area contributed by atoms with Crippen molar-refractivity contribution in [2.24, 2.45) is 9.98 Å². The van der Waals surface area contributed by atoms with Gasteiger partial charge in [0.2, 0.25) is 5.90 Å². The summed E-state index contributed by atoms with van der Waals surface area (Å²) in [6, 6.07) is 7.38. The van der Waals surface area contributed by atoms with E-state index >= 15 is 0 Å². The zero-order chi connectivity index (χ0) is 13.5. The van der Waals surface area contributed by atoms with E-state index in [0.29, 0.717) is 17.5 Å². The Hall–Kier alpha value is -1.61. The summed E-state index contributed by atoms with van der Waals surface area (Å²) in [4.78, 5) is 8.88. The highest BCUT2D eigenvalue weighted by molar-refractivity contribution is 6.39. The fourth-order valence-electron chi connectivity index (χ4n) is 1.68. The van der Waals surface area contributed by atoms with Crippen LogP contribution in [0, 0.1) is 0 Å². The molecule has 1 aliphatic heterocycles. The van der Waals surface area contributed by atoms with Crippen LogP contribution in [0.2, 0.25) is 5.02 Å². The molecular weight excluding hydrogens is 260 g/mol. The van der Waals surface area contributed by atoms with Crippen LogP contribution < -0.4 is 0 Å². The number of halogens is 1. The third kappa shape index (κ3) is 4.21. The molecule has 0 aromatic heterocycles. The van der Waals surface area contributed by atoms with E-state index in [-0.39, 0.29) is 0 Å². The van der Waals surface area contributed by atoms with Gasteiger partial charge in [-0.25, -0.2) is 4.99 Å². The van der Waals surface area contributed by atoms with Gasteiger partial charge in [0.15, 0.2) is 0 Å². The number of benzene rings is 1. The number of hydrogen-bond acceptors (Lipinski definition) is 3. The van der Waals surface area contributed by atoms with E-state index in [0.717, 1.165) is 30.7 Å². The quantitative estimate of drug-likeness (QED) is 0.587. The molecule has 0 atom stereocenters. The maximum atomic E-state index is 5.87. The molecule has 0 N–H and O–H groups in total. The smallest absolute Gasteiger partial charge is 0.236 e. The van der Waals surface area contributed by atoms with Gasteiger partial charge in [0.25, 0.3) is 0 Å². The summed E-state index contributed by atoms with van der Waals surface area (Å²) in [6.45, 7) is 2.72. The molecule has 3 nitrogen and oxygen atoms in total. The van der Waals surface area contributed by atoms with Crippen molar-refractivity contribution in [3.05, 3.63) is 41.6 Å². The summed E-state index contributed by atoms with van der Waals surface area (Å²) in [5, 5.41) is 0.702. The molecule has 1 aliphatic rings. The Morgan fingerprint density at radius 2 is 2.16 bits per heavy atom. The van der Waals surface area contributed by atoms with Crippen LogP contribution in [-0.2, 0) is 4.74 Å².